The van der Waals surface area contributed by atoms with Gasteiger partial charge in [-0.3, -0.25) is 0 Å². The number of carboxylic acids is 1. The van der Waals surface area contributed by atoms with Crippen molar-refractivity contribution in [2.24, 2.45) is 5.73 Å². The standard InChI is InChI=1S/C10H13N3O3/c11-5-6-12-10(16)13-8-3-1-7(2-4-8)9(14)15/h1-4H,5-6,11H2,(H,14,15)(H2,12,13,16). The number of benzene rings is 1. The number of aromatic carboxylic acids is 1. The SMILES string of the molecule is NCCNC(=O)Nc1ccc(C(=O)O)cc1. The molecule has 6 nitrogen and oxygen atoms in total. The summed E-state index contributed by atoms with van der Waals surface area (Å²) in [6.45, 7) is 0.754. The lowest BCUT2D eigenvalue weighted by molar-refractivity contribution is 0.0697. The number of amides is 2. The van der Waals surface area contributed by atoms with Gasteiger partial charge < -0.3 is 21.5 Å². The molecule has 16 heavy (non-hydrogen) atoms. The molecule has 1 rings (SSSR count). The molecule has 2 amide bonds. The number of urea groups is 1. The Labute approximate surface area is 92.4 Å². The Bertz CT molecular complexity index is 375. The number of hydrogen-bond acceptors (Lipinski definition) is 3. The third-order valence-electron chi connectivity index (χ3n) is 1.82. The molecule has 0 saturated carbocycles. The molecule has 6 heteroatoms. The average molecular weight is 223 g/mol. The molecule has 0 atom stereocenters. The summed E-state index contributed by atoms with van der Waals surface area (Å²) < 4.78 is 0. The van der Waals surface area contributed by atoms with Crippen molar-refractivity contribution in [2.75, 3.05) is 18.4 Å². The van der Waals surface area contributed by atoms with Crippen LogP contribution in [0.3, 0.4) is 0 Å². The molecule has 0 bridgehead atoms. The fourth-order valence-electron chi connectivity index (χ4n) is 1.06. The molecule has 86 valence electrons. The highest BCUT2D eigenvalue weighted by molar-refractivity contribution is 5.91. The Morgan fingerprint density at radius 3 is 2.38 bits per heavy atom. The van der Waals surface area contributed by atoms with Crippen molar-refractivity contribution in [3.8, 4) is 0 Å². The number of nitrogens with one attached hydrogen (secondary N) is 2. The molecule has 0 unspecified atom stereocenters. The van der Waals surface area contributed by atoms with Crippen LogP contribution < -0.4 is 16.4 Å². The quantitative estimate of drug-likeness (QED) is 0.595. The van der Waals surface area contributed by atoms with E-state index < -0.39 is 5.97 Å². The molecule has 0 fully saturated rings. The van der Waals surface area contributed by atoms with E-state index in [1.807, 2.05) is 0 Å². The molecule has 1 aromatic rings. The summed E-state index contributed by atoms with van der Waals surface area (Å²) >= 11 is 0. The Balaban J connectivity index is 2.55. The molecule has 0 aromatic heterocycles. The van der Waals surface area contributed by atoms with Crippen LogP contribution in [-0.4, -0.2) is 30.2 Å². The zero-order chi connectivity index (χ0) is 12.0. The summed E-state index contributed by atoms with van der Waals surface area (Å²) in [7, 11) is 0. The molecule has 5 N–H and O–H groups in total. The highest BCUT2D eigenvalue weighted by atomic mass is 16.4. The highest BCUT2D eigenvalue weighted by Gasteiger charge is 2.03. The van der Waals surface area contributed by atoms with Crippen molar-refractivity contribution in [3.05, 3.63) is 29.8 Å². The van der Waals surface area contributed by atoms with Gasteiger partial charge in [-0.25, -0.2) is 9.59 Å². The van der Waals surface area contributed by atoms with Gasteiger partial charge in [-0.05, 0) is 24.3 Å². The van der Waals surface area contributed by atoms with Crippen LogP contribution >= 0.6 is 0 Å². The van der Waals surface area contributed by atoms with Crippen molar-refractivity contribution in [1.82, 2.24) is 5.32 Å². The topological polar surface area (TPSA) is 104 Å². The second kappa shape index (κ2) is 5.72. The molecular formula is C10H13N3O3. The van der Waals surface area contributed by atoms with Crippen molar-refractivity contribution in [3.63, 3.8) is 0 Å². The highest BCUT2D eigenvalue weighted by Crippen LogP contribution is 2.09. The maximum atomic E-state index is 11.2. The van der Waals surface area contributed by atoms with Crippen LogP contribution in [0.4, 0.5) is 10.5 Å². The lowest BCUT2D eigenvalue weighted by Gasteiger charge is -2.06. The fraction of sp³-hybridized carbons (Fsp3) is 0.200. The van der Waals surface area contributed by atoms with Crippen LogP contribution in [0.15, 0.2) is 24.3 Å². The Kier molecular flexibility index (Phi) is 4.28. The van der Waals surface area contributed by atoms with Crippen molar-refractivity contribution >= 4 is 17.7 Å². The van der Waals surface area contributed by atoms with Crippen LogP contribution in [0.1, 0.15) is 10.4 Å². The van der Waals surface area contributed by atoms with Crippen molar-refractivity contribution < 1.29 is 14.7 Å². The number of nitrogens with two attached hydrogens (primary N) is 1. The molecule has 0 radical (unpaired) electrons. The first-order chi connectivity index (χ1) is 7.63. The lowest BCUT2D eigenvalue weighted by Crippen LogP contribution is -2.32. The number of hydrogen-bond donors (Lipinski definition) is 4. The molecular weight excluding hydrogens is 210 g/mol. The summed E-state index contributed by atoms with van der Waals surface area (Å²) in [5, 5.41) is 13.7. The van der Waals surface area contributed by atoms with Crippen LogP contribution in [0.2, 0.25) is 0 Å². The number of carbonyl (C=O) groups excluding carboxylic acids is 1. The van der Waals surface area contributed by atoms with Crippen LogP contribution in [0.25, 0.3) is 0 Å². The molecule has 0 aliphatic carbocycles. The normalized spacial score (nSPS) is 9.56. The van der Waals surface area contributed by atoms with E-state index >= 15 is 0 Å². The van der Waals surface area contributed by atoms with E-state index in [4.69, 9.17) is 10.8 Å². The van der Waals surface area contributed by atoms with E-state index in [1.165, 1.54) is 24.3 Å². The van der Waals surface area contributed by atoms with Gasteiger partial charge in [-0.15, -0.1) is 0 Å². The van der Waals surface area contributed by atoms with E-state index in [0.29, 0.717) is 18.8 Å². The Hall–Kier alpha value is -2.08. The Morgan fingerprint density at radius 2 is 1.88 bits per heavy atom. The predicted molar refractivity (Wildman–Crippen MR) is 59.5 cm³/mol. The summed E-state index contributed by atoms with van der Waals surface area (Å²) in [6, 6.07) is 5.51. The second-order valence-corrected chi connectivity index (χ2v) is 3.05. The summed E-state index contributed by atoms with van der Waals surface area (Å²) in [4.78, 5) is 21.8. The van der Waals surface area contributed by atoms with Gasteiger partial charge in [-0.2, -0.15) is 0 Å². The number of carboxylic acid groups (broad SMARTS) is 1. The van der Waals surface area contributed by atoms with E-state index in [2.05, 4.69) is 10.6 Å². The third kappa shape index (κ3) is 3.58. The number of anilines is 1. The van der Waals surface area contributed by atoms with Gasteiger partial charge in [-0.1, -0.05) is 0 Å². The van der Waals surface area contributed by atoms with Gasteiger partial charge in [0.25, 0.3) is 0 Å². The van der Waals surface area contributed by atoms with Crippen molar-refractivity contribution in [2.45, 2.75) is 0 Å². The molecule has 0 aliphatic heterocycles. The number of carbonyl (C=O) groups is 2. The van der Waals surface area contributed by atoms with E-state index in [9.17, 15) is 9.59 Å². The van der Waals surface area contributed by atoms with E-state index in [1.54, 1.807) is 0 Å². The predicted octanol–water partition coefficient (Wildman–Crippen LogP) is 0.465. The van der Waals surface area contributed by atoms with Gasteiger partial charge in [0.1, 0.15) is 0 Å². The monoisotopic (exact) mass is 223 g/mol. The first-order valence-electron chi connectivity index (χ1n) is 4.72. The number of rotatable bonds is 4. The first kappa shape index (κ1) is 12.0. The summed E-state index contributed by atoms with van der Waals surface area (Å²) in [6.07, 6.45) is 0. The molecule has 1 aromatic carbocycles. The van der Waals surface area contributed by atoms with Gasteiger partial charge >= 0.3 is 12.0 Å². The van der Waals surface area contributed by atoms with Crippen molar-refractivity contribution in [1.29, 1.82) is 0 Å². The minimum atomic E-state index is -1.00. The van der Waals surface area contributed by atoms with Gasteiger partial charge in [0, 0.05) is 18.8 Å². The smallest absolute Gasteiger partial charge is 0.335 e. The summed E-state index contributed by atoms with van der Waals surface area (Å²) in [5.41, 5.74) is 5.92. The van der Waals surface area contributed by atoms with E-state index in [0.717, 1.165) is 0 Å². The molecule has 0 heterocycles. The van der Waals surface area contributed by atoms with Crippen LogP contribution in [-0.2, 0) is 0 Å². The van der Waals surface area contributed by atoms with Gasteiger partial charge in [0.2, 0.25) is 0 Å². The minimum Gasteiger partial charge on any atom is -0.478 e. The third-order valence-corrected chi connectivity index (χ3v) is 1.82. The molecule has 0 saturated heterocycles. The zero-order valence-corrected chi connectivity index (χ0v) is 8.56. The fourth-order valence-corrected chi connectivity index (χ4v) is 1.06. The van der Waals surface area contributed by atoms with Gasteiger partial charge in [0.15, 0.2) is 0 Å². The Morgan fingerprint density at radius 1 is 1.25 bits per heavy atom. The maximum Gasteiger partial charge on any atom is 0.335 e. The van der Waals surface area contributed by atoms with Crippen LogP contribution in [0.5, 0.6) is 0 Å². The van der Waals surface area contributed by atoms with Crippen LogP contribution in [0, 0.1) is 0 Å². The second-order valence-electron chi connectivity index (χ2n) is 3.05. The molecule has 0 aliphatic rings. The van der Waals surface area contributed by atoms with Gasteiger partial charge in [0.05, 0.1) is 5.56 Å². The maximum absolute atomic E-state index is 11.2. The summed E-state index contributed by atoms with van der Waals surface area (Å²) in [5.74, 6) is -1.00. The average Bonchev–Trinajstić information content (AvgIpc) is 2.27. The molecule has 0 spiro atoms. The largest absolute Gasteiger partial charge is 0.478 e. The minimum absolute atomic E-state index is 0.174. The first-order valence-corrected chi connectivity index (χ1v) is 4.72. The lowest BCUT2D eigenvalue weighted by atomic mass is 10.2. The van der Waals surface area contributed by atoms with E-state index in [-0.39, 0.29) is 11.6 Å². The zero-order valence-electron chi connectivity index (χ0n) is 8.56.